The molecule has 0 atom stereocenters. The van der Waals surface area contributed by atoms with Gasteiger partial charge in [-0.05, 0) is 36.4 Å². The Kier molecular flexibility index (Phi) is 3.78. The second-order valence-corrected chi connectivity index (χ2v) is 4.89. The summed E-state index contributed by atoms with van der Waals surface area (Å²) in [6, 6.07) is 12.6. The zero-order chi connectivity index (χ0) is 15.5. The Morgan fingerprint density at radius 1 is 1.18 bits per heavy atom. The number of aliphatic hydroxyl groups excluding tert-OH is 1. The van der Waals surface area contributed by atoms with Gasteiger partial charge in [0, 0.05) is 11.1 Å². The van der Waals surface area contributed by atoms with Crippen LogP contribution in [0.2, 0.25) is 0 Å². The highest BCUT2D eigenvalue weighted by atomic mass is 19.1. The Morgan fingerprint density at radius 3 is 2.68 bits per heavy atom. The zero-order valence-electron chi connectivity index (χ0n) is 11.7. The van der Waals surface area contributed by atoms with Crippen LogP contribution in [0.15, 0.2) is 54.3 Å². The summed E-state index contributed by atoms with van der Waals surface area (Å²) in [5, 5.41) is 12.9. The molecule has 0 unspecified atom stereocenters. The van der Waals surface area contributed by atoms with Crippen LogP contribution in [0.3, 0.4) is 0 Å². The van der Waals surface area contributed by atoms with Crippen LogP contribution in [0.4, 0.5) is 4.39 Å². The number of hydrogen-bond acceptors (Lipinski definition) is 4. The molecule has 3 rings (SSSR count). The molecule has 2 aromatic rings. The minimum atomic E-state index is -0.386. The number of rotatable bonds is 4. The number of aliphatic hydroxyl groups is 1. The van der Waals surface area contributed by atoms with E-state index in [9.17, 15) is 14.3 Å². The van der Waals surface area contributed by atoms with Crippen LogP contribution in [-0.4, -0.2) is 24.0 Å². The van der Waals surface area contributed by atoms with Crippen molar-refractivity contribution in [3.8, 4) is 5.75 Å². The van der Waals surface area contributed by atoms with Gasteiger partial charge in [-0.25, -0.2) is 4.39 Å². The van der Waals surface area contributed by atoms with Crippen molar-refractivity contribution in [2.45, 2.75) is 0 Å². The molecule has 22 heavy (non-hydrogen) atoms. The molecule has 0 saturated carbocycles. The van der Waals surface area contributed by atoms with Crippen molar-refractivity contribution < 1.29 is 19.0 Å². The molecule has 0 fully saturated rings. The molecule has 1 aliphatic rings. The van der Waals surface area contributed by atoms with E-state index in [1.165, 1.54) is 24.3 Å². The lowest BCUT2D eigenvalue weighted by Gasteiger charge is -2.21. The van der Waals surface area contributed by atoms with Gasteiger partial charge in [-0.2, -0.15) is 0 Å². The van der Waals surface area contributed by atoms with Crippen molar-refractivity contribution in [2.75, 3.05) is 13.2 Å². The number of para-hydroxylation sites is 1. The van der Waals surface area contributed by atoms with Crippen molar-refractivity contribution in [1.29, 1.82) is 0 Å². The van der Waals surface area contributed by atoms with Crippen molar-refractivity contribution in [3.05, 3.63) is 71.2 Å². The van der Waals surface area contributed by atoms with Gasteiger partial charge in [0.15, 0.2) is 11.5 Å². The molecule has 5 heteroatoms. The Hall–Kier alpha value is -2.82. The van der Waals surface area contributed by atoms with E-state index >= 15 is 0 Å². The van der Waals surface area contributed by atoms with Gasteiger partial charge >= 0.3 is 0 Å². The van der Waals surface area contributed by atoms with Crippen LogP contribution in [0.25, 0.3) is 5.70 Å². The topological polar surface area (TPSA) is 58.6 Å². The van der Waals surface area contributed by atoms with Crippen molar-refractivity contribution in [2.24, 2.45) is 0 Å². The number of ether oxygens (including phenoxy) is 1. The summed E-state index contributed by atoms with van der Waals surface area (Å²) in [5.41, 5.74) is 1.60. The van der Waals surface area contributed by atoms with E-state index < -0.39 is 0 Å². The summed E-state index contributed by atoms with van der Waals surface area (Å²) in [7, 11) is 0. The molecule has 0 radical (unpaired) electrons. The molecule has 1 aliphatic heterocycles. The van der Waals surface area contributed by atoms with Crippen molar-refractivity contribution in [1.82, 2.24) is 5.32 Å². The molecule has 0 amide bonds. The van der Waals surface area contributed by atoms with Crippen molar-refractivity contribution >= 4 is 11.5 Å². The third-order valence-electron chi connectivity index (χ3n) is 3.40. The average molecular weight is 299 g/mol. The lowest BCUT2D eigenvalue weighted by molar-refractivity contribution is 0.0995. The standard InChI is InChI=1S/C17H14FNO3/c18-12-7-5-11(6-8-12)14(20)9-19-17-13-3-1-2-4-16(13)22-10-15(17)21/h1-8,19,21H,9-10H2. The van der Waals surface area contributed by atoms with E-state index in [-0.39, 0.29) is 30.5 Å². The lowest BCUT2D eigenvalue weighted by Crippen LogP contribution is -2.26. The predicted molar refractivity (Wildman–Crippen MR) is 80.2 cm³/mol. The summed E-state index contributed by atoms with van der Waals surface area (Å²) < 4.78 is 18.3. The molecule has 2 aromatic carbocycles. The Bertz CT molecular complexity index is 738. The minimum absolute atomic E-state index is 0.000635. The Morgan fingerprint density at radius 2 is 1.91 bits per heavy atom. The third-order valence-corrected chi connectivity index (χ3v) is 3.40. The highest BCUT2D eigenvalue weighted by Crippen LogP contribution is 2.30. The number of nitrogens with one attached hydrogen (secondary N) is 1. The van der Waals surface area contributed by atoms with E-state index in [1.807, 2.05) is 12.1 Å². The summed E-state index contributed by atoms with van der Waals surface area (Å²) in [6.45, 7) is 0.0590. The van der Waals surface area contributed by atoms with Crippen LogP contribution in [-0.2, 0) is 0 Å². The number of carbonyl (C=O) groups is 1. The van der Waals surface area contributed by atoms with E-state index in [1.54, 1.807) is 12.1 Å². The molecule has 0 aromatic heterocycles. The fourth-order valence-electron chi connectivity index (χ4n) is 2.28. The highest BCUT2D eigenvalue weighted by Gasteiger charge is 2.20. The van der Waals surface area contributed by atoms with Crippen LogP contribution in [0, 0.1) is 5.82 Å². The maximum absolute atomic E-state index is 12.9. The maximum Gasteiger partial charge on any atom is 0.181 e. The van der Waals surface area contributed by atoms with Gasteiger partial charge in [0.25, 0.3) is 0 Å². The lowest BCUT2D eigenvalue weighted by atomic mass is 10.1. The Labute approximate surface area is 126 Å². The monoisotopic (exact) mass is 299 g/mol. The molecule has 2 N–H and O–H groups in total. The van der Waals surface area contributed by atoms with Gasteiger partial charge in [-0.3, -0.25) is 4.79 Å². The number of halogens is 1. The number of Topliss-reactive ketones (excluding diaryl/α,β-unsaturated/α-hetero) is 1. The molecule has 112 valence electrons. The molecule has 0 aliphatic carbocycles. The first-order valence-electron chi connectivity index (χ1n) is 6.82. The fraction of sp³-hybridized carbons (Fsp3) is 0.118. The number of hydrogen-bond donors (Lipinski definition) is 2. The summed E-state index contributed by atoms with van der Waals surface area (Å²) in [4.78, 5) is 12.1. The van der Waals surface area contributed by atoms with Gasteiger partial charge in [0.2, 0.25) is 0 Å². The second-order valence-electron chi connectivity index (χ2n) is 4.89. The van der Waals surface area contributed by atoms with Gasteiger partial charge in [-0.15, -0.1) is 0 Å². The van der Waals surface area contributed by atoms with E-state index in [0.29, 0.717) is 22.6 Å². The second kappa shape index (κ2) is 5.89. The van der Waals surface area contributed by atoms with E-state index in [4.69, 9.17) is 4.74 Å². The van der Waals surface area contributed by atoms with E-state index in [2.05, 4.69) is 5.32 Å². The first-order chi connectivity index (χ1) is 10.6. The summed E-state index contributed by atoms with van der Waals surface area (Å²) >= 11 is 0. The van der Waals surface area contributed by atoms with Crippen LogP contribution in [0.1, 0.15) is 15.9 Å². The van der Waals surface area contributed by atoms with Gasteiger partial charge < -0.3 is 15.2 Å². The number of benzene rings is 2. The molecule has 0 spiro atoms. The van der Waals surface area contributed by atoms with E-state index in [0.717, 1.165) is 0 Å². The molecular weight excluding hydrogens is 285 g/mol. The van der Waals surface area contributed by atoms with Crippen LogP contribution in [0.5, 0.6) is 5.75 Å². The minimum Gasteiger partial charge on any atom is -0.507 e. The van der Waals surface area contributed by atoms with Gasteiger partial charge in [-0.1, -0.05) is 12.1 Å². The molecule has 1 heterocycles. The SMILES string of the molecule is O=C(CNC1=C(O)COc2ccccc21)c1ccc(F)cc1. The first kappa shape index (κ1) is 14.1. The largest absolute Gasteiger partial charge is 0.507 e. The number of ketones is 1. The zero-order valence-corrected chi connectivity index (χ0v) is 11.7. The summed E-state index contributed by atoms with van der Waals surface area (Å²) in [5.74, 6) is 0.120. The van der Waals surface area contributed by atoms with Gasteiger partial charge in [0.1, 0.15) is 18.2 Å². The number of fused-ring (bicyclic) bond motifs is 1. The first-order valence-corrected chi connectivity index (χ1v) is 6.82. The molecular formula is C17H14FNO3. The Balaban J connectivity index is 1.75. The smallest absolute Gasteiger partial charge is 0.181 e. The number of carbonyl (C=O) groups excluding carboxylic acids is 1. The molecule has 0 saturated heterocycles. The predicted octanol–water partition coefficient (Wildman–Crippen LogP) is 2.92. The maximum atomic E-state index is 12.9. The summed E-state index contributed by atoms with van der Waals surface area (Å²) in [6.07, 6.45) is 0. The normalized spacial score (nSPS) is 13.3. The highest BCUT2D eigenvalue weighted by molar-refractivity contribution is 5.98. The quantitative estimate of drug-likeness (QED) is 0.852. The average Bonchev–Trinajstić information content (AvgIpc) is 2.54. The van der Waals surface area contributed by atoms with Crippen molar-refractivity contribution in [3.63, 3.8) is 0 Å². The molecule has 4 nitrogen and oxygen atoms in total. The van der Waals surface area contributed by atoms with Gasteiger partial charge in [0.05, 0.1) is 12.2 Å². The van der Waals surface area contributed by atoms with Crippen LogP contribution < -0.4 is 10.1 Å². The third kappa shape index (κ3) is 2.79. The van der Waals surface area contributed by atoms with Crippen LogP contribution >= 0.6 is 0 Å². The fourth-order valence-corrected chi connectivity index (χ4v) is 2.28. The molecule has 0 bridgehead atoms.